The number of ether oxygens (including phenoxy) is 1. The smallest absolute Gasteiger partial charge is 0.0615 e. The molecule has 1 rings (SSSR count). The SMILES string of the molecule is CCN(C(C)COC)C1CC(C(C)C)CCC1N. The van der Waals surface area contributed by atoms with E-state index in [-0.39, 0.29) is 0 Å². The fourth-order valence-electron chi connectivity index (χ4n) is 3.40. The average Bonchev–Trinajstić information content (AvgIpc) is 2.32. The van der Waals surface area contributed by atoms with Crippen LogP contribution in [0.2, 0.25) is 0 Å². The minimum Gasteiger partial charge on any atom is -0.383 e. The van der Waals surface area contributed by atoms with Gasteiger partial charge in [0.1, 0.15) is 0 Å². The lowest BCUT2D eigenvalue weighted by atomic mass is 9.76. The quantitative estimate of drug-likeness (QED) is 0.793. The van der Waals surface area contributed by atoms with Gasteiger partial charge in [-0.2, -0.15) is 0 Å². The largest absolute Gasteiger partial charge is 0.383 e. The van der Waals surface area contributed by atoms with Crippen LogP contribution in [-0.4, -0.2) is 43.3 Å². The Balaban J connectivity index is 2.69. The highest BCUT2D eigenvalue weighted by Gasteiger charge is 2.34. The molecule has 0 radical (unpaired) electrons. The fourth-order valence-corrected chi connectivity index (χ4v) is 3.40. The standard InChI is InChI=1S/C15H32N2O/c1-6-17(12(4)10-18-5)15-9-13(11(2)3)7-8-14(15)16/h11-15H,6-10,16H2,1-5H3. The Morgan fingerprint density at radius 2 is 1.94 bits per heavy atom. The van der Waals surface area contributed by atoms with E-state index in [1.165, 1.54) is 19.3 Å². The molecular weight excluding hydrogens is 224 g/mol. The van der Waals surface area contributed by atoms with Crippen molar-refractivity contribution in [3.8, 4) is 0 Å². The van der Waals surface area contributed by atoms with Crippen LogP contribution in [0.5, 0.6) is 0 Å². The van der Waals surface area contributed by atoms with Crippen molar-refractivity contribution in [2.45, 2.75) is 65.1 Å². The van der Waals surface area contributed by atoms with Crippen LogP contribution in [0.4, 0.5) is 0 Å². The average molecular weight is 256 g/mol. The molecule has 1 aliphatic carbocycles. The summed E-state index contributed by atoms with van der Waals surface area (Å²) in [4.78, 5) is 2.54. The summed E-state index contributed by atoms with van der Waals surface area (Å²) in [5.74, 6) is 1.61. The lowest BCUT2D eigenvalue weighted by molar-refractivity contribution is 0.0345. The molecule has 4 atom stereocenters. The zero-order chi connectivity index (χ0) is 13.7. The van der Waals surface area contributed by atoms with Gasteiger partial charge in [-0.1, -0.05) is 20.8 Å². The van der Waals surface area contributed by atoms with Gasteiger partial charge < -0.3 is 10.5 Å². The molecule has 0 aromatic carbocycles. The Morgan fingerprint density at radius 3 is 2.44 bits per heavy atom. The van der Waals surface area contributed by atoms with E-state index in [1.54, 1.807) is 7.11 Å². The number of rotatable bonds is 6. The summed E-state index contributed by atoms with van der Waals surface area (Å²) in [7, 11) is 1.78. The third kappa shape index (κ3) is 3.94. The summed E-state index contributed by atoms with van der Waals surface area (Å²) in [6.45, 7) is 11.0. The van der Waals surface area contributed by atoms with Gasteiger partial charge in [0, 0.05) is 25.2 Å². The van der Waals surface area contributed by atoms with Crippen molar-refractivity contribution in [2.75, 3.05) is 20.3 Å². The second-order valence-corrected chi connectivity index (χ2v) is 6.18. The van der Waals surface area contributed by atoms with Gasteiger partial charge in [-0.3, -0.25) is 4.90 Å². The molecule has 0 aromatic heterocycles. The molecule has 0 spiro atoms. The maximum absolute atomic E-state index is 6.37. The zero-order valence-corrected chi connectivity index (χ0v) is 12.9. The van der Waals surface area contributed by atoms with E-state index in [4.69, 9.17) is 10.5 Å². The molecule has 108 valence electrons. The lowest BCUT2D eigenvalue weighted by Gasteiger charge is -2.44. The highest BCUT2D eigenvalue weighted by molar-refractivity contribution is 4.91. The van der Waals surface area contributed by atoms with Crippen LogP contribution in [-0.2, 0) is 4.74 Å². The predicted molar refractivity (Wildman–Crippen MR) is 77.7 cm³/mol. The molecule has 18 heavy (non-hydrogen) atoms. The summed E-state index contributed by atoms with van der Waals surface area (Å²) in [5.41, 5.74) is 6.37. The summed E-state index contributed by atoms with van der Waals surface area (Å²) >= 11 is 0. The van der Waals surface area contributed by atoms with E-state index in [9.17, 15) is 0 Å². The normalized spacial score (nSPS) is 31.0. The van der Waals surface area contributed by atoms with Gasteiger partial charge in [0.05, 0.1) is 6.61 Å². The Morgan fingerprint density at radius 1 is 1.28 bits per heavy atom. The van der Waals surface area contributed by atoms with Gasteiger partial charge >= 0.3 is 0 Å². The van der Waals surface area contributed by atoms with Gasteiger partial charge in [-0.05, 0) is 44.6 Å². The third-order valence-corrected chi connectivity index (χ3v) is 4.62. The number of hydrogen-bond donors (Lipinski definition) is 1. The van der Waals surface area contributed by atoms with Crippen LogP contribution in [0.3, 0.4) is 0 Å². The molecule has 0 aliphatic heterocycles. The van der Waals surface area contributed by atoms with Crippen LogP contribution in [0.1, 0.15) is 47.0 Å². The van der Waals surface area contributed by atoms with E-state index >= 15 is 0 Å². The van der Waals surface area contributed by atoms with Gasteiger partial charge in [0.25, 0.3) is 0 Å². The van der Waals surface area contributed by atoms with Crippen LogP contribution >= 0.6 is 0 Å². The minimum atomic E-state index is 0.333. The first-order valence-corrected chi connectivity index (χ1v) is 7.51. The van der Waals surface area contributed by atoms with Gasteiger partial charge in [-0.15, -0.1) is 0 Å². The van der Waals surface area contributed by atoms with Gasteiger partial charge in [0.15, 0.2) is 0 Å². The summed E-state index contributed by atoms with van der Waals surface area (Å²) in [6, 6.07) is 1.32. The predicted octanol–water partition coefficient (Wildman–Crippen LogP) is 2.50. The second-order valence-electron chi connectivity index (χ2n) is 6.18. The first kappa shape index (κ1) is 15.9. The first-order valence-electron chi connectivity index (χ1n) is 7.51. The Labute approximate surface area is 113 Å². The molecular formula is C15H32N2O. The molecule has 1 fully saturated rings. The van der Waals surface area contributed by atoms with Crippen molar-refractivity contribution < 1.29 is 4.74 Å². The van der Waals surface area contributed by atoms with E-state index in [0.717, 1.165) is 25.0 Å². The number of hydrogen-bond acceptors (Lipinski definition) is 3. The van der Waals surface area contributed by atoms with Crippen LogP contribution < -0.4 is 5.73 Å². The van der Waals surface area contributed by atoms with Crippen LogP contribution in [0.25, 0.3) is 0 Å². The second kappa shape index (κ2) is 7.46. The number of nitrogens with zero attached hydrogens (tertiary/aromatic N) is 1. The summed E-state index contributed by atoms with van der Waals surface area (Å²) in [5, 5.41) is 0. The number of nitrogens with two attached hydrogens (primary N) is 1. The first-order chi connectivity index (χ1) is 8.51. The molecule has 3 heteroatoms. The van der Waals surface area contributed by atoms with Crippen molar-refractivity contribution in [3.63, 3.8) is 0 Å². The summed E-state index contributed by atoms with van der Waals surface area (Å²) < 4.78 is 5.30. The van der Waals surface area contributed by atoms with E-state index in [2.05, 4.69) is 32.6 Å². The van der Waals surface area contributed by atoms with Crippen molar-refractivity contribution in [2.24, 2.45) is 17.6 Å². The van der Waals surface area contributed by atoms with E-state index in [1.807, 2.05) is 0 Å². The van der Waals surface area contributed by atoms with E-state index < -0.39 is 0 Å². The highest BCUT2D eigenvalue weighted by Crippen LogP contribution is 2.32. The molecule has 0 aromatic rings. The van der Waals surface area contributed by atoms with Gasteiger partial charge in [0.2, 0.25) is 0 Å². The molecule has 0 amide bonds. The lowest BCUT2D eigenvalue weighted by Crippen LogP contribution is -2.55. The Kier molecular flexibility index (Phi) is 6.61. The Bertz CT molecular complexity index is 233. The molecule has 0 saturated heterocycles. The maximum atomic E-state index is 6.37. The molecule has 3 nitrogen and oxygen atoms in total. The Hall–Kier alpha value is -0.120. The monoisotopic (exact) mass is 256 g/mol. The van der Waals surface area contributed by atoms with Crippen molar-refractivity contribution >= 4 is 0 Å². The molecule has 1 saturated carbocycles. The van der Waals surface area contributed by atoms with Crippen LogP contribution in [0.15, 0.2) is 0 Å². The molecule has 1 aliphatic rings. The third-order valence-electron chi connectivity index (χ3n) is 4.62. The van der Waals surface area contributed by atoms with Gasteiger partial charge in [-0.25, -0.2) is 0 Å². The van der Waals surface area contributed by atoms with Crippen molar-refractivity contribution in [1.82, 2.24) is 4.90 Å². The molecule has 4 unspecified atom stereocenters. The maximum Gasteiger partial charge on any atom is 0.0615 e. The topological polar surface area (TPSA) is 38.5 Å². The molecule has 0 bridgehead atoms. The highest BCUT2D eigenvalue weighted by atomic mass is 16.5. The number of likely N-dealkylation sites (N-methyl/N-ethyl adjacent to an activating group) is 1. The fraction of sp³-hybridized carbons (Fsp3) is 1.00. The molecule has 2 N–H and O–H groups in total. The van der Waals surface area contributed by atoms with Crippen LogP contribution in [0, 0.1) is 11.8 Å². The minimum absolute atomic E-state index is 0.333. The van der Waals surface area contributed by atoms with Crippen molar-refractivity contribution in [3.05, 3.63) is 0 Å². The zero-order valence-electron chi connectivity index (χ0n) is 12.9. The van der Waals surface area contributed by atoms with Crippen molar-refractivity contribution in [1.29, 1.82) is 0 Å². The number of methoxy groups -OCH3 is 1. The summed E-state index contributed by atoms with van der Waals surface area (Å²) in [6.07, 6.45) is 3.72. The van der Waals surface area contributed by atoms with E-state index in [0.29, 0.717) is 18.1 Å². The molecule has 0 heterocycles.